The molecule has 32 heavy (non-hydrogen) atoms. The van der Waals surface area contributed by atoms with Gasteiger partial charge >= 0.3 is 23.7 Å². The van der Waals surface area contributed by atoms with Gasteiger partial charge in [-0.3, -0.25) is 9.59 Å². The molecule has 0 aliphatic heterocycles. The van der Waals surface area contributed by atoms with Gasteiger partial charge in [0.15, 0.2) is 0 Å². The first kappa shape index (κ1) is 25.4. The van der Waals surface area contributed by atoms with Crippen LogP contribution in [0.3, 0.4) is 0 Å². The van der Waals surface area contributed by atoms with E-state index in [1.807, 2.05) is 13.8 Å². The molecule has 2 aromatic rings. The van der Waals surface area contributed by atoms with Crippen molar-refractivity contribution in [1.29, 1.82) is 0 Å². The lowest BCUT2D eigenvalue weighted by atomic mass is 10.1. The van der Waals surface area contributed by atoms with Gasteiger partial charge in [-0.05, 0) is 61.1 Å². The van der Waals surface area contributed by atoms with E-state index in [1.54, 1.807) is 34.9 Å². The van der Waals surface area contributed by atoms with Crippen LogP contribution in [0.4, 0.5) is 28.9 Å². The standard InChI is InChI=1S/C24H28F4N2O2/c1-3-5-7-17-9-13-19(14-10-17)29-21(31)23(25,26)24(27,28)22(32)30-20-15-11-18(12-16-20)8-6-4-2/h9-16H,3-8H2,1-2H3,(H,29,31)(H,30,32). The highest BCUT2D eigenvalue weighted by Gasteiger charge is 2.67. The van der Waals surface area contributed by atoms with E-state index in [2.05, 4.69) is 0 Å². The first-order chi connectivity index (χ1) is 15.1. The number of hydrogen-bond donors (Lipinski definition) is 2. The number of amides is 2. The van der Waals surface area contributed by atoms with Crippen LogP contribution in [0.1, 0.15) is 50.7 Å². The largest absolute Gasteiger partial charge is 0.396 e. The quantitative estimate of drug-likeness (QED) is 0.398. The molecular weight excluding hydrogens is 424 g/mol. The molecule has 0 aliphatic rings. The second kappa shape index (κ2) is 11.1. The van der Waals surface area contributed by atoms with Crippen molar-refractivity contribution in [2.45, 2.75) is 64.2 Å². The average Bonchev–Trinajstić information content (AvgIpc) is 2.77. The zero-order valence-electron chi connectivity index (χ0n) is 18.2. The van der Waals surface area contributed by atoms with E-state index < -0.39 is 23.7 Å². The minimum atomic E-state index is -5.25. The van der Waals surface area contributed by atoms with E-state index in [0.717, 1.165) is 49.7 Å². The van der Waals surface area contributed by atoms with Gasteiger partial charge in [-0.2, -0.15) is 17.6 Å². The van der Waals surface area contributed by atoms with Gasteiger partial charge in [0.25, 0.3) is 0 Å². The van der Waals surface area contributed by atoms with Gasteiger partial charge in [-0.1, -0.05) is 51.0 Å². The van der Waals surface area contributed by atoms with Gasteiger partial charge in [0.1, 0.15) is 0 Å². The van der Waals surface area contributed by atoms with Crippen LogP contribution in [0.15, 0.2) is 48.5 Å². The number of aryl methyl sites for hydroxylation is 2. The maximum atomic E-state index is 14.3. The molecule has 2 aromatic carbocycles. The zero-order chi connectivity index (χ0) is 23.8. The minimum Gasteiger partial charge on any atom is -0.321 e. The maximum Gasteiger partial charge on any atom is 0.396 e. The van der Waals surface area contributed by atoms with E-state index in [4.69, 9.17) is 0 Å². The molecule has 174 valence electrons. The van der Waals surface area contributed by atoms with E-state index in [1.165, 1.54) is 24.3 Å². The summed E-state index contributed by atoms with van der Waals surface area (Å²) in [4.78, 5) is 23.8. The van der Waals surface area contributed by atoms with Crippen LogP contribution in [0.2, 0.25) is 0 Å². The molecule has 0 atom stereocenters. The molecule has 0 aliphatic carbocycles. The number of alkyl halides is 4. The van der Waals surface area contributed by atoms with Crippen molar-refractivity contribution in [3.8, 4) is 0 Å². The van der Waals surface area contributed by atoms with Crippen molar-refractivity contribution in [3.63, 3.8) is 0 Å². The maximum absolute atomic E-state index is 14.3. The molecule has 2 rings (SSSR count). The second-order valence-electron chi connectivity index (χ2n) is 7.66. The molecule has 0 fully saturated rings. The Hall–Kier alpha value is -2.90. The number of carbonyl (C=O) groups is 2. The van der Waals surface area contributed by atoms with Gasteiger partial charge in [0, 0.05) is 11.4 Å². The van der Waals surface area contributed by atoms with Crippen LogP contribution in [0, 0.1) is 0 Å². The first-order valence-electron chi connectivity index (χ1n) is 10.7. The Balaban J connectivity index is 2.04. The summed E-state index contributed by atoms with van der Waals surface area (Å²) >= 11 is 0. The third kappa shape index (κ3) is 6.31. The molecule has 0 saturated heterocycles. The van der Waals surface area contributed by atoms with Crippen molar-refractivity contribution >= 4 is 23.2 Å². The summed E-state index contributed by atoms with van der Waals surface area (Å²) < 4.78 is 57.0. The number of halogens is 4. The lowest BCUT2D eigenvalue weighted by Gasteiger charge is -2.24. The summed E-state index contributed by atoms with van der Waals surface area (Å²) in [5, 5.41) is 3.54. The molecule has 0 aromatic heterocycles. The highest BCUT2D eigenvalue weighted by molar-refractivity contribution is 6.05. The van der Waals surface area contributed by atoms with Crippen molar-refractivity contribution in [2.24, 2.45) is 0 Å². The molecule has 0 bridgehead atoms. The van der Waals surface area contributed by atoms with Crippen LogP contribution in [-0.4, -0.2) is 23.7 Å². The van der Waals surface area contributed by atoms with Crippen LogP contribution >= 0.6 is 0 Å². The van der Waals surface area contributed by atoms with Crippen molar-refractivity contribution < 1.29 is 27.2 Å². The summed E-state index contributed by atoms with van der Waals surface area (Å²) in [5.41, 5.74) is 1.74. The van der Waals surface area contributed by atoms with Crippen LogP contribution in [-0.2, 0) is 22.4 Å². The molecule has 8 heteroatoms. The van der Waals surface area contributed by atoms with Gasteiger partial charge in [0.2, 0.25) is 0 Å². The summed E-state index contributed by atoms with van der Waals surface area (Å²) in [6.07, 6.45) is 5.38. The molecule has 0 radical (unpaired) electrons. The number of unbranched alkanes of at least 4 members (excludes halogenated alkanes) is 2. The minimum absolute atomic E-state index is 0.0613. The number of hydrogen-bond acceptors (Lipinski definition) is 2. The fraction of sp³-hybridized carbons (Fsp3) is 0.417. The molecule has 4 nitrogen and oxygen atoms in total. The second-order valence-corrected chi connectivity index (χ2v) is 7.66. The van der Waals surface area contributed by atoms with Gasteiger partial charge in [-0.15, -0.1) is 0 Å². The zero-order valence-corrected chi connectivity index (χ0v) is 18.2. The van der Waals surface area contributed by atoms with Crippen molar-refractivity contribution in [1.82, 2.24) is 0 Å². The lowest BCUT2D eigenvalue weighted by Crippen LogP contribution is -2.56. The molecule has 0 saturated carbocycles. The third-order valence-electron chi connectivity index (χ3n) is 5.03. The Morgan fingerprint density at radius 2 is 0.969 bits per heavy atom. The van der Waals surface area contributed by atoms with E-state index in [-0.39, 0.29) is 11.4 Å². The lowest BCUT2D eigenvalue weighted by molar-refractivity contribution is -0.204. The van der Waals surface area contributed by atoms with Gasteiger partial charge in [-0.25, -0.2) is 0 Å². The Labute approximate surface area is 185 Å². The fourth-order valence-electron chi connectivity index (χ4n) is 2.98. The Morgan fingerprint density at radius 1 is 0.656 bits per heavy atom. The predicted octanol–water partition coefficient (Wildman–Crippen LogP) is 6.22. The number of anilines is 2. The molecule has 0 unspecified atom stereocenters. The Morgan fingerprint density at radius 3 is 1.25 bits per heavy atom. The molecule has 2 N–H and O–H groups in total. The smallest absolute Gasteiger partial charge is 0.321 e. The number of carbonyl (C=O) groups excluding carboxylic acids is 2. The fourth-order valence-corrected chi connectivity index (χ4v) is 2.98. The van der Waals surface area contributed by atoms with Crippen LogP contribution in [0.5, 0.6) is 0 Å². The molecule has 0 spiro atoms. The number of benzene rings is 2. The normalized spacial score (nSPS) is 11.8. The van der Waals surface area contributed by atoms with E-state index in [9.17, 15) is 27.2 Å². The Bertz CT molecular complexity index is 822. The molecular formula is C24H28F4N2O2. The summed E-state index contributed by atoms with van der Waals surface area (Å²) in [6, 6.07) is 11.9. The van der Waals surface area contributed by atoms with E-state index >= 15 is 0 Å². The first-order valence-corrected chi connectivity index (χ1v) is 10.7. The van der Waals surface area contributed by atoms with Crippen molar-refractivity contribution in [3.05, 3.63) is 59.7 Å². The summed E-state index contributed by atoms with van der Waals surface area (Å²) in [5.74, 6) is -15.0. The van der Waals surface area contributed by atoms with Crippen LogP contribution in [0.25, 0.3) is 0 Å². The number of nitrogens with one attached hydrogen (secondary N) is 2. The summed E-state index contributed by atoms with van der Waals surface area (Å²) in [6.45, 7) is 4.05. The molecule has 2 amide bonds. The van der Waals surface area contributed by atoms with Gasteiger partial charge < -0.3 is 10.6 Å². The highest BCUT2D eigenvalue weighted by Crippen LogP contribution is 2.36. The van der Waals surface area contributed by atoms with E-state index in [0.29, 0.717) is 0 Å². The van der Waals surface area contributed by atoms with Crippen molar-refractivity contribution in [2.75, 3.05) is 10.6 Å². The number of rotatable bonds is 11. The predicted molar refractivity (Wildman–Crippen MR) is 117 cm³/mol. The SMILES string of the molecule is CCCCc1ccc(NC(=O)C(F)(F)C(F)(F)C(=O)Nc2ccc(CCCC)cc2)cc1. The van der Waals surface area contributed by atoms with Crippen LogP contribution < -0.4 is 10.6 Å². The molecule has 0 heterocycles. The summed E-state index contributed by atoms with van der Waals surface area (Å²) in [7, 11) is 0. The monoisotopic (exact) mass is 452 g/mol. The topological polar surface area (TPSA) is 58.2 Å². The average molecular weight is 452 g/mol. The van der Waals surface area contributed by atoms with Gasteiger partial charge in [0.05, 0.1) is 0 Å². The highest BCUT2D eigenvalue weighted by atomic mass is 19.3. The Kier molecular flexibility index (Phi) is 8.80. The third-order valence-corrected chi connectivity index (χ3v) is 5.03.